The van der Waals surface area contributed by atoms with E-state index in [0.717, 1.165) is 12.8 Å². The molecule has 0 saturated carbocycles. The lowest BCUT2D eigenvalue weighted by Crippen LogP contribution is -2.40. The van der Waals surface area contributed by atoms with Crippen LogP contribution in [0.4, 0.5) is 8.78 Å². The number of nitrogens with zero attached hydrogens (tertiary/aromatic N) is 1. The fourth-order valence-corrected chi connectivity index (χ4v) is 3.47. The van der Waals surface area contributed by atoms with Crippen molar-refractivity contribution in [3.63, 3.8) is 0 Å². The van der Waals surface area contributed by atoms with Crippen molar-refractivity contribution >= 4 is 5.91 Å². The second kappa shape index (κ2) is 8.45. The lowest BCUT2D eigenvalue weighted by Gasteiger charge is -2.32. The predicted octanol–water partition coefficient (Wildman–Crippen LogP) is 4.19. The molecule has 1 aliphatic rings. The van der Waals surface area contributed by atoms with E-state index in [-0.39, 0.29) is 17.4 Å². The smallest absolute Gasteiger partial charge is 0.289 e. The van der Waals surface area contributed by atoms with Crippen LogP contribution in [-0.4, -0.2) is 31.0 Å². The molecule has 140 valence electrons. The molecule has 2 aromatic rings. The van der Waals surface area contributed by atoms with Gasteiger partial charge in [0.25, 0.3) is 5.91 Å². The summed E-state index contributed by atoms with van der Waals surface area (Å²) in [7, 11) is 1.57. The molecule has 2 heterocycles. The standard InChI is InChI=1S/C20H23F2NO3/c1-25-13-15-8-10-19(26-15)20(24)23-11-3-4-14(12-23)7-9-16-17(21)5-2-6-18(16)22/h2,5-6,8,10,14H,3-4,7,9,11-13H2,1H3/t14-/m0/s1. The zero-order chi connectivity index (χ0) is 18.5. The van der Waals surface area contributed by atoms with Gasteiger partial charge in [0, 0.05) is 25.8 Å². The van der Waals surface area contributed by atoms with Crippen molar-refractivity contribution in [2.45, 2.75) is 32.3 Å². The second-order valence-corrected chi connectivity index (χ2v) is 6.70. The molecule has 0 spiro atoms. The minimum atomic E-state index is -0.505. The van der Waals surface area contributed by atoms with Crippen molar-refractivity contribution in [2.24, 2.45) is 5.92 Å². The SMILES string of the molecule is COCc1ccc(C(=O)N2CCC[C@@H](CCc3c(F)cccc3F)C2)o1. The van der Waals surface area contributed by atoms with Crippen LogP contribution in [0.3, 0.4) is 0 Å². The first kappa shape index (κ1) is 18.6. The van der Waals surface area contributed by atoms with Crippen LogP contribution >= 0.6 is 0 Å². The Morgan fingerprint density at radius 1 is 1.27 bits per heavy atom. The van der Waals surface area contributed by atoms with Gasteiger partial charge in [0.2, 0.25) is 0 Å². The number of furan rings is 1. The average molecular weight is 363 g/mol. The van der Waals surface area contributed by atoms with E-state index in [1.54, 1.807) is 24.1 Å². The summed E-state index contributed by atoms with van der Waals surface area (Å²) in [4.78, 5) is 14.4. The van der Waals surface area contributed by atoms with E-state index in [9.17, 15) is 13.6 Å². The summed E-state index contributed by atoms with van der Waals surface area (Å²) < 4.78 is 38.1. The van der Waals surface area contributed by atoms with E-state index in [1.165, 1.54) is 18.2 Å². The number of likely N-dealkylation sites (tertiary alicyclic amines) is 1. The van der Waals surface area contributed by atoms with E-state index < -0.39 is 11.6 Å². The number of hydrogen-bond acceptors (Lipinski definition) is 3. The maximum Gasteiger partial charge on any atom is 0.289 e. The van der Waals surface area contributed by atoms with Crippen LogP contribution in [0.1, 0.15) is 41.1 Å². The number of benzene rings is 1. The van der Waals surface area contributed by atoms with Gasteiger partial charge >= 0.3 is 0 Å². The van der Waals surface area contributed by atoms with Gasteiger partial charge in [-0.05, 0) is 55.9 Å². The number of rotatable bonds is 6. The third kappa shape index (κ3) is 4.30. The number of amides is 1. The van der Waals surface area contributed by atoms with Crippen LogP contribution < -0.4 is 0 Å². The summed E-state index contributed by atoms with van der Waals surface area (Å²) in [6.07, 6.45) is 2.81. The predicted molar refractivity (Wildman–Crippen MR) is 92.7 cm³/mol. The highest BCUT2D eigenvalue weighted by Gasteiger charge is 2.26. The van der Waals surface area contributed by atoms with E-state index in [1.807, 2.05) is 0 Å². The maximum absolute atomic E-state index is 13.8. The zero-order valence-electron chi connectivity index (χ0n) is 14.8. The molecule has 26 heavy (non-hydrogen) atoms. The molecule has 1 aromatic carbocycles. The van der Waals surface area contributed by atoms with Crippen molar-refractivity contribution < 1.29 is 22.7 Å². The molecule has 0 N–H and O–H groups in total. The third-order valence-corrected chi connectivity index (χ3v) is 4.83. The maximum atomic E-state index is 13.8. The van der Waals surface area contributed by atoms with Crippen molar-refractivity contribution in [2.75, 3.05) is 20.2 Å². The van der Waals surface area contributed by atoms with Crippen LogP contribution in [-0.2, 0) is 17.8 Å². The van der Waals surface area contributed by atoms with Gasteiger partial charge in [0.05, 0.1) is 0 Å². The van der Waals surface area contributed by atoms with E-state index in [4.69, 9.17) is 9.15 Å². The summed E-state index contributed by atoms with van der Waals surface area (Å²) in [5.41, 5.74) is 0.131. The van der Waals surface area contributed by atoms with Crippen molar-refractivity contribution in [3.8, 4) is 0 Å². The minimum Gasteiger partial charge on any atom is -0.453 e. The van der Waals surface area contributed by atoms with E-state index >= 15 is 0 Å². The van der Waals surface area contributed by atoms with Gasteiger partial charge in [-0.3, -0.25) is 4.79 Å². The fourth-order valence-electron chi connectivity index (χ4n) is 3.47. The molecule has 1 atom stereocenters. The van der Waals surface area contributed by atoms with Crippen molar-refractivity contribution in [1.29, 1.82) is 0 Å². The first-order valence-corrected chi connectivity index (χ1v) is 8.88. The monoisotopic (exact) mass is 363 g/mol. The van der Waals surface area contributed by atoms with E-state index in [2.05, 4.69) is 0 Å². The summed E-state index contributed by atoms with van der Waals surface area (Å²) >= 11 is 0. The largest absolute Gasteiger partial charge is 0.453 e. The van der Waals surface area contributed by atoms with Crippen molar-refractivity contribution in [3.05, 3.63) is 59.1 Å². The molecule has 1 saturated heterocycles. The Morgan fingerprint density at radius 2 is 2.04 bits per heavy atom. The van der Waals surface area contributed by atoms with Gasteiger partial charge in [0.15, 0.2) is 5.76 Å². The quantitative estimate of drug-likeness (QED) is 0.773. The van der Waals surface area contributed by atoms with Gasteiger partial charge in [-0.25, -0.2) is 8.78 Å². The zero-order valence-corrected chi connectivity index (χ0v) is 14.8. The number of piperidine rings is 1. The molecule has 0 aliphatic carbocycles. The Morgan fingerprint density at radius 3 is 2.77 bits per heavy atom. The van der Waals surface area contributed by atoms with Crippen LogP contribution in [0.15, 0.2) is 34.7 Å². The molecular formula is C20H23F2NO3. The van der Waals surface area contributed by atoms with Gasteiger partial charge in [-0.2, -0.15) is 0 Å². The average Bonchev–Trinajstić information content (AvgIpc) is 3.10. The molecule has 0 unspecified atom stereocenters. The Hall–Kier alpha value is -2.21. The molecule has 1 amide bonds. The minimum absolute atomic E-state index is 0.131. The van der Waals surface area contributed by atoms with Crippen LogP contribution in [0.25, 0.3) is 0 Å². The summed E-state index contributed by atoms with van der Waals surface area (Å²) in [5.74, 6) is -0.0171. The third-order valence-electron chi connectivity index (χ3n) is 4.83. The molecule has 3 rings (SSSR count). The topological polar surface area (TPSA) is 42.7 Å². The molecule has 1 aromatic heterocycles. The first-order valence-electron chi connectivity index (χ1n) is 8.88. The number of ether oxygens (including phenoxy) is 1. The second-order valence-electron chi connectivity index (χ2n) is 6.70. The summed E-state index contributed by atoms with van der Waals surface area (Å²) in [5, 5.41) is 0. The van der Waals surface area contributed by atoms with Crippen LogP contribution in [0.5, 0.6) is 0 Å². The molecule has 1 aliphatic heterocycles. The number of hydrogen-bond donors (Lipinski definition) is 0. The Bertz CT molecular complexity index is 739. The molecule has 0 bridgehead atoms. The molecule has 4 nitrogen and oxygen atoms in total. The number of halogens is 2. The highest BCUT2D eigenvalue weighted by atomic mass is 19.1. The van der Waals surface area contributed by atoms with Crippen LogP contribution in [0.2, 0.25) is 0 Å². The van der Waals surface area contributed by atoms with Gasteiger partial charge in [-0.15, -0.1) is 0 Å². The van der Waals surface area contributed by atoms with E-state index in [0.29, 0.717) is 44.1 Å². The van der Waals surface area contributed by atoms with Gasteiger partial charge in [-0.1, -0.05) is 6.07 Å². The van der Waals surface area contributed by atoms with Crippen LogP contribution in [0, 0.1) is 17.6 Å². The molecule has 1 fully saturated rings. The fraction of sp³-hybridized carbons (Fsp3) is 0.450. The molecule has 0 radical (unpaired) electrons. The Kier molecular flexibility index (Phi) is 6.04. The first-order chi connectivity index (χ1) is 12.6. The molecular weight excluding hydrogens is 340 g/mol. The summed E-state index contributed by atoms with van der Waals surface area (Å²) in [6, 6.07) is 7.33. The van der Waals surface area contributed by atoms with Gasteiger partial charge < -0.3 is 14.1 Å². The number of carbonyl (C=O) groups is 1. The Labute approximate surface area is 151 Å². The van der Waals surface area contributed by atoms with Crippen molar-refractivity contribution in [1.82, 2.24) is 4.90 Å². The van der Waals surface area contributed by atoms with Gasteiger partial charge in [0.1, 0.15) is 24.0 Å². The summed E-state index contributed by atoms with van der Waals surface area (Å²) in [6.45, 7) is 1.57. The highest BCUT2D eigenvalue weighted by Crippen LogP contribution is 2.25. The normalized spacial score (nSPS) is 17.5. The Balaban J connectivity index is 1.59. The lowest BCUT2D eigenvalue weighted by molar-refractivity contribution is 0.0629. The highest BCUT2D eigenvalue weighted by molar-refractivity contribution is 5.91. The number of methoxy groups -OCH3 is 1. The number of carbonyl (C=O) groups excluding carboxylic acids is 1. The lowest BCUT2D eigenvalue weighted by atomic mass is 9.91. The molecule has 6 heteroatoms.